The third-order valence-electron chi connectivity index (χ3n) is 9.72. The van der Waals surface area contributed by atoms with Gasteiger partial charge < -0.3 is 0 Å². The van der Waals surface area contributed by atoms with E-state index in [1.807, 2.05) is 0 Å². The van der Waals surface area contributed by atoms with Gasteiger partial charge in [-0.2, -0.15) is 0 Å². The monoisotopic (exact) mass is 545 g/mol. The van der Waals surface area contributed by atoms with Gasteiger partial charge in [-0.25, -0.2) is 0 Å². The van der Waals surface area contributed by atoms with E-state index in [0.29, 0.717) is 10.8 Å². The molecule has 224 valence electrons. The van der Waals surface area contributed by atoms with Gasteiger partial charge in [-0.15, -0.1) is 0 Å². The number of rotatable bonds is 14. The molecule has 2 aliphatic carbocycles. The quantitative estimate of drug-likeness (QED) is 0.151. The van der Waals surface area contributed by atoms with Crippen LogP contribution in [-0.2, 0) is 0 Å². The summed E-state index contributed by atoms with van der Waals surface area (Å²) >= 11 is 0. The third-order valence-corrected chi connectivity index (χ3v) is 9.72. The van der Waals surface area contributed by atoms with Gasteiger partial charge >= 0.3 is 0 Å². The topological polar surface area (TPSA) is 0 Å². The summed E-state index contributed by atoms with van der Waals surface area (Å²) in [6.45, 7) is 23.6. The second-order valence-electron chi connectivity index (χ2n) is 14.7. The van der Waals surface area contributed by atoms with Crippen molar-refractivity contribution < 1.29 is 0 Å². The second kappa shape index (κ2) is 16.6. The van der Waals surface area contributed by atoms with Crippen LogP contribution >= 0.6 is 0 Å². The second-order valence-corrected chi connectivity index (χ2v) is 14.7. The van der Waals surface area contributed by atoms with Crippen molar-refractivity contribution in [2.75, 3.05) is 0 Å². The Morgan fingerprint density at radius 2 is 1.50 bits per heavy atom. The minimum absolute atomic E-state index is 0.321. The maximum atomic E-state index is 2.51. The van der Waals surface area contributed by atoms with E-state index in [0.717, 1.165) is 18.8 Å². The Balaban J connectivity index is 1.68. The van der Waals surface area contributed by atoms with Crippen LogP contribution in [-0.4, -0.2) is 0 Å². The Labute approximate surface area is 250 Å². The van der Waals surface area contributed by atoms with Crippen LogP contribution in [0.1, 0.15) is 153 Å². The molecule has 40 heavy (non-hydrogen) atoms. The SMILES string of the molecule is CC1=C(/C=C/C(C)=C/CC/C(C)=C\C=C/CC(C)CC/C=C(/C)CCC2=C(C)CCCC2(C)C)C(C)(C)CCC1. The van der Waals surface area contributed by atoms with Gasteiger partial charge in [0, 0.05) is 0 Å². The normalized spacial score (nSPS) is 21.7. The van der Waals surface area contributed by atoms with E-state index in [4.69, 9.17) is 0 Å². The minimum atomic E-state index is 0.321. The van der Waals surface area contributed by atoms with E-state index < -0.39 is 0 Å². The van der Waals surface area contributed by atoms with E-state index in [9.17, 15) is 0 Å². The van der Waals surface area contributed by atoms with Crippen LogP contribution in [0.15, 0.2) is 81.5 Å². The summed E-state index contributed by atoms with van der Waals surface area (Å²) < 4.78 is 0. The van der Waals surface area contributed by atoms with Crippen molar-refractivity contribution in [3.05, 3.63) is 81.5 Å². The molecule has 0 spiro atoms. The first-order valence-corrected chi connectivity index (χ1v) is 16.5. The molecule has 0 nitrogen and oxygen atoms in total. The molecule has 0 saturated heterocycles. The van der Waals surface area contributed by atoms with E-state index >= 15 is 0 Å². The Morgan fingerprint density at radius 3 is 2.17 bits per heavy atom. The van der Waals surface area contributed by atoms with Gasteiger partial charge in [0.1, 0.15) is 0 Å². The Bertz CT molecular complexity index is 1020. The first-order chi connectivity index (χ1) is 18.8. The molecule has 0 aliphatic heterocycles. The molecule has 0 N–H and O–H groups in total. The number of hydrogen-bond acceptors (Lipinski definition) is 0. The van der Waals surface area contributed by atoms with Crippen molar-refractivity contribution in [2.24, 2.45) is 16.7 Å². The van der Waals surface area contributed by atoms with Crippen molar-refractivity contribution in [3.8, 4) is 0 Å². The van der Waals surface area contributed by atoms with Gasteiger partial charge in [0.05, 0.1) is 0 Å². The van der Waals surface area contributed by atoms with Crippen LogP contribution in [0.4, 0.5) is 0 Å². The largest absolute Gasteiger partial charge is 0.0856 e. The van der Waals surface area contributed by atoms with Gasteiger partial charge in [0.15, 0.2) is 0 Å². The van der Waals surface area contributed by atoms with Gasteiger partial charge in [-0.3, -0.25) is 0 Å². The van der Waals surface area contributed by atoms with Crippen molar-refractivity contribution in [2.45, 2.75) is 153 Å². The van der Waals surface area contributed by atoms with Gasteiger partial charge in [0.2, 0.25) is 0 Å². The molecular formula is C40H64. The molecule has 0 heteroatoms. The molecule has 0 fully saturated rings. The van der Waals surface area contributed by atoms with Gasteiger partial charge in [0.25, 0.3) is 0 Å². The zero-order valence-electron chi connectivity index (χ0n) is 28.3. The molecule has 0 radical (unpaired) electrons. The standard InChI is InChI=1S/C40H64/c1-31(19-13-21-33(3)25-27-37-35(5)23-15-29-39(37,7)8)17-11-12-18-32(2)20-14-22-34(4)26-28-38-36(6)24-16-30-40(38,9)10/h11-12,17,21-22,25,27,32H,13-16,18-20,23-24,26,28-30H2,1-10H3/b12-11-,27-25+,31-17-,33-21+,34-22-. The van der Waals surface area contributed by atoms with Crippen LogP contribution in [0.5, 0.6) is 0 Å². The zero-order valence-corrected chi connectivity index (χ0v) is 28.3. The van der Waals surface area contributed by atoms with Crippen LogP contribution in [0.3, 0.4) is 0 Å². The van der Waals surface area contributed by atoms with Gasteiger partial charge in [-0.05, 0) is 140 Å². The summed E-state index contributed by atoms with van der Waals surface area (Å²) in [7, 11) is 0. The molecule has 1 atom stereocenters. The average Bonchev–Trinajstić information content (AvgIpc) is 2.85. The number of hydrogen-bond donors (Lipinski definition) is 0. The molecule has 0 amide bonds. The van der Waals surface area contributed by atoms with Crippen LogP contribution < -0.4 is 0 Å². The summed E-state index contributed by atoms with van der Waals surface area (Å²) in [6.07, 6.45) is 32.9. The van der Waals surface area contributed by atoms with Crippen molar-refractivity contribution in [3.63, 3.8) is 0 Å². The first-order valence-electron chi connectivity index (χ1n) is 16.5. The van der Waals surface area contributed by atoms with E-state index in [1.54, 1.807) is 27.9 Å². The molecule has 0 heterocycles. The molecule has 0 bridgehead atoms. The maximum Gasteiger partial charge on any atom is -0.0104 e. The Morgan fingerprint density at radius 1 is 0.825 bits per heavy atom. The first kappa shape index (κ1) is 34.4. The lowest BCUT2D eigenvalue weighted by Gasteiger charge is -2.35. The molecule has 0 aromatic rings. The highest BCUT2D eigenvalue weighted by Gasteiger charge is 2.28. The lowest BCUT2D eigenvalue weighted by molar-refractivity contribution is 0.354. The Hall–Kier alpha value is -1.82. The number of allylic oxidation sites excluding steroid dienone is 14. The highest BCUT2D eigenvalue weighted by molar-refractivity contribution is 5.36. The van der Waals surface area contributed by atoms with Crippen LogP contribution in [0.25, 0.3) is 0 Å². The van der Waals surface area contributed by atoms with Crippen molar-refractivity contribution in [1.29, 1.82) is 0 Å². The predicted octanol–water partition coefficient (Wildman–Crippen LogP) is 13.4. The summed E-state index contributed by atoms with van der Waals surface area (Å²) in [5.74, 6) is 0.738. The third kappa shape index (κ3) is 12.0. The maximum absolute atomic E-state index is 2.51. The molecule has 2 rings (SSSR count). The van der Waals surface area contributed by atoms with Crippen LogP contribution in [0.2, 0.25) is 0 Å². The minimum Gasteiger partial charge on any atom is -0.0856 e. The summed E-state index contributed by atoms with van der Waals surface area (Å²) in [5, 5.41) is 0. The van der Waals surface area contributed by atoms with Crippen LogP contribution in [0, 0.1) is 16.7 Å². The molecule has 1 unspecified atom stereocenters. The summed E-state index contributed by atoms with van der Waals surface area (Å²) in [4.78, 5) is 0. The zero-order chi connectivity index (χ0) is 29.8. The molecule has 2 aliphatic rings. The molecule has 0 aromatic carbocycles. The lowest BCUT2D eigenvalue weighted by Crippen LogP contribution is -2.20. The lowest BCUT2D eigenvalue weighted by atomic mass is 9.71. The summed E-state index contributed by atoms with van der Waals surface area (Å²) in [5.41, 5.74) is 11.7. The van der Waals surface area contributed by atoms with E-state index in [-0.39, 0.29) is 0 Å². The fourth-order valence-electron chi connectivity index (χ4n) is 6.83. The predicted molar refractivity (Wildman–Crippen MR) is 182 cm³/mol. The average molecular weight is 545 g/mol. The molecule has 0 saturated carbocycles. The van der Waals surface area contributed by atoms with Crippen molar-refractivity contribution in [1.82, 2.24) is 0 Å². The fraction of sp³-hybridized carbons (Fsp3) is 0.650. The summed E-state index contributed by atoms with van der Waals surface area (Å²) in [6, 6.07) is 0. The Kier molecular flexibility index (Phi) is 14.3. The van der Waals surface area contributed by atoms with Crippen molar-refractivity contribution >= 4 is 0 Å². The smallest absolute Gasteiger partial charge is 0.0104 e. The highest BCUT2D eigenvalue weighted by Crippen LogP contribution is 2.43. The highest BCUT2D eigenvalue weighted by atomic mass is 14.3. The molecule has 0 aromatic heterocycles. The van der Waals surface area contributed by atoms with E-state index in [2.05, 4.69) is 112 Å². The molecular weight excluding hydrogens is 480 g/mol. The van der Waals surface area contributed by atoms with E-state index in [1.165, 1.54) is 81.8 Å². The fourth-order valence-corrected chi connectivity index (χ4v) is 6.83. The van der Waals surface area contributed by atoms with Gasteiger partial charge in [-0.1, -0.05) is 111 Å².